The number of hydrogen-bond donors (Lipinski definition) is 2. The molecule has 4 heterocycles. The van der Waals surface area contributed by atoms with Crippen LogP contribution in [0.15, 0.2) is 47.3 Å². The molecule has 92 valence electrons. The van der Waals surface area contributed by atoms with E-state index in [2.05, 4.69) is 15.0 Å². The van der Waals surface area contributed by atoms with Gasteiger partial charge in [0.2, 0.25) is 0 Å². The monoisotopic (exact) mass is 250 g/mol. The summed E-state index contributed by atoms with van der Waals surface area (Å²) in [6.07, 6.45) is 5.24. The number of hydrogen-bond acceptors (Lipinski definition) is 4. The molecule has 0 aliphatic carbocycles. The summed E-state index contributed by atoms with van der Waals surface area (Å²) in [4.78, 5) is 11.8. The van der Waals surface area contributed by atoms with Gasteiger partial charge in [-0.3, -0.25) is 4.98 Å². The number of nitrogen functional groups attached to an aromatic ring is 1. The van der Waals surface area contributed by atoms with Crippen molar-refractivity contribution in [1.82, 2.24) is 15.0 Å². The van der Waals surface area contributed by atoms with Gasteiger partial charge in [-0.2, -0.15) is 0 Å². The Labute approximate surface area is 108 Å². The lowest BCUT2D eigenvalue weighted by Gasteiger charge is -2.05. The highest BCUT2D eigenvalue weighted by Crippen LogP contribution is 2.32. The van der Waals surface area contributed by atoms with Crippen LogP contribution in [0.1, 0.15) is 0 Å². The summed E-state index contributed by atoms with van der Waals surface area (Å²) in [6, 6.07) is 7.56. The van der Waals surface area contributed by atoms with Crippen molar-refractivity contribution in [2.75, 3.05) is 5.73 Å². The Morgan fingerprint density at radius 3 is 3.05 bits per heavy atom. The summed E-state index contributed by atoms with van der Waals surface area (Å²) < 4.78 is 5.41. The lowest BCUT2D eigenvalue weighted by atomic mass is 10.1. The van der Waals surface area contributed by atoms with Crippen LogP contribution in [0, 0.1) is 0 Å². The number of rotatable bonds is 1. The summed E-state index contributed by atoms with van der Waals surface area (Å²) in [6.45, 7) is 0. The molecule has 4 aromatic heterocycles. The molecule has 0 aliphatic heterocycles. The zero-order valence-corrected chi connectivity index (χ0v) is 9.92. The van der Waals surface area contributed by atoms with Gasteiger partial charge in [-0.25, -0.2) is 4.98 Å². The number of nitrogens with zero attached hydrogens (tertiary/aromatic N) is 2. The summed E-state index contributed by atoms with van der Waals surface area (Å²) in [5, 5.41) is 1.96. The Morgan fingerprint density at radius 2 is 2.11 bits per heavy atom. The molecule has 0 amide bonds. The molecule has 0 radical (unpaired) electrons. The van der Waals surface area contributed by atoms with Crippen LogP contribution in [0.5, 0.6) is 0 Å². The maximum atomic E-state index is 5.86. The quantitative estimate of drug-likeness (QED) is 0.544. The normalized spacial score (nSPS) is 11.4. The molecule has 3 N–H and O–H groups in total. The molecular formula is C14H10N4O. The maximum Gasteiger partial charge on any atom is 0.140 e. The first-order valence-electron chi connectivity index (χ1n) is 5.89. The minimum atomic E-state index is 0.465. The van der Waals surface area contributed by atoms with Gasteiger partial charge in [0.1, 0.15) is 17.0 Å². The first-order chi connectivity index (χ1) is 9.33. The van der Waals surface area contributed by atoms with E-state index in [0.29, 0.717) is 5.82 Å². The van der Waals surface area contributed by atoms with Gasteiger partial charge in [-0.1, -0.05) is 0 Å². The number of aromatic nitrogens is 3. The fourth-order valence-electron chi connectivity index (χ4n) is 2.36. The molecule has 0 atom stereocenters. The van der Waals surface area contributed by atoms with Gasteiger partial charge in [0, 0.05) is 28.7 Å². The molecule has 0 aromatic carbocycles. The predicted molar refractivity (Wildman–Crippen MR) is 73.5 cm³/mol. The number of pyridine rings is 2. The molecule has 4 rings (SSSR count). The van der Waals surface area contributed by atoms with Crippen LogP contribution in [0.2, 0.25) is 0 Å². The smallest absolute Gasteiger partial charge is 0.140 e. The molecule has 0 fully saturated rings. The molecule has 4 aromatic rings. The van der Waals surface area contributed by atoms with E-state index < -0.39 is 0 Å². The topological polar surface area (TPSA) is 80.7 Å². The molecule has 0 saturated heterocycles. The Hall–Kier alpha value is -2.82. The Kier molecular flexibility index (Phi) is 1.91. The molecule has 0 saturated carbocycles. The van der Waals surface area contributed by atoms with Crippen molar-refractivity contribution in [3.63, 3.8) is 0 Å². The van der Waals surface area contributed by atoms with Crippen LogP contribution in [0.4, 0.5) is 5.82 Å². The number of H-pyrrole nitrogens is 1. The summed E-state index contributed by atoms with van der Waals surface area (Å²) >= 11 is 0. The Bertz CT molecular complexity index is 891. The SMILES string of the molecule is Nc1cc(-c2nccc3occc23)c2cc[nH]c2n1. The number of furan rings is 1. The lowest BCUT2D eigenvalue weighted by Crippen LogP contribution is -1.93. The molecule has 0 spiro atoms. The zero-order valence-electron chi connectivity index (χ0n) is 9.92. The van der Waals surface area contributed by atoms with Gasteiger partial charge in [0.25, 0.3) is 0 Å². The van der Waals surface area contributed by atoms with Crippen LogP contribution < -0.4 is 5.73 Å². The molecule has 5 nitrogen and oxygen atoms in total. The Morgan fingerprint density at radius 1 is 1.16 bits per heavy atom. The number of aromatic amines is 1. The van der Waals surface area contributed by atoms with Crippen molar-refractivity contribution in [2.24, 2.45) is 0 Å². The summed E-state index contributed by atoms with van der Waals surface area (Å²) in [5.41, 5.74) is 9.24. The highest BCUT2D eigenvalue weighted by Gasteiger charge is 2.12. The van der Waals surface area contributed by atoms with Crippen molar-refractivity contribution in [2.45, 2.75) is 0 Å². The maximum absolute atomic E-state index is 5.86. The molecular weight excluding hydrogens is 240 g/mol. The van der Waals surface area contributed by atoms with Gasteiger partial charge in [-0.15, -0.1) is 0 Å². The fraction of sp³-hybridized carbons (Fsp3) is 0. The van der Waals surface area contributed by atoms with Crippen molar-refractivity contribution >= 4 is 27.8 Å². The zero-order chi connectivity index (χ0) is 12.8. The number of nitrogens with two attached hydrogens (primary N) is 1. The minimum absolute atomic E-state index is 0.465. The van der Waals surface area contributed by atoms with Crippen molar-refractivity contribution in [3.05, 3.63) is 42.9 Å². The van der Waals surface area contributed by atoms with Gasteiger partial charge >= 0.3 is 0 Å². The standard InChI is InChI=1S/C14H10N4O/c15-12-7-10(8-1-4-17-14(8)18-12)13-9-3-6-19-11(9)2-5-16-13/h1-7H,(H3,15,17,18). The average molecular weight is 250 g/mol. The fourth-order valence-corrected chi connectivity index (χ4v) is 2.36. The highest BCUT2D eigenvalue weighted by atomic mass is 16.3. The second-order valence-corrected chi connectivity index (χ2v) is 4.33. The summed E-state index contributed by atoms with van der Waals surface area (Å²) in [7, 11) is 0. The second-order valence-electron chi connectivity index (χ2n) is 4.33. The van der Waals surface area contributed by atoms with E-state index in [1.165, 1.54) is 0 Å². The van der Waals surface area contributed by atoms with Crippen LogP contribution in [-0.2, 0) is 0 Å². The van der Waals surface area contributed by atoms with Crippen LogP contribution >= 0.6 is 0 Å². The Balaban J connectivity index is 2.14. The third kappa shape index (κ3) is 1.41. The predicted octanol–water partition coefficient (Wildman–Crippen LogP) is 2.95. The van der Waals surface area contributed by atoms with E-state index in [4.69, 9.17) is 10.2 Å². The van der Waals surface area contributed by atoms with Crippen LogP contribution in [-0.4, -0.2) is 15.0 Å². The van der Waals surface area contributed by atoms with E-state index >= 15 is 0 Å². The second kappa shape index (κ2) is 3.58. The van der Waals surface area contributed by atoms with E-state index in [1.807, 2.05) is 30.5 Å². The van der Waals surface area contributed by atoms with E-state index in [1.54, 1.807) is 12.5 Å². The number of anilines is 1. The van der Waals surface area contributed by atoms with Crippen LogP contribution in [0.3, 0.4) is 0 Å². The average Bonchev–Trinajstić information content (AvgIpc) is 3.04. The largest absolute Gasteiger partial charge is 0.464 e. The first kappa shape index (κ1) is 10.1. The van der Waals surface area contributed by atoms with Gasteiger partial charge in [0.05, 0.1) is 12.0 Å². The molecule has 0 bridgehead atoms. The van der Waals surface area contributed by atoms with Crippen LogP contribution in [0.25, 0.3) is 33.3 Å². The number of fused-ring (bicyclic) bond motifs is 2. The van der Waals surface area contributed by atoms with Crippen molar-refractivity contribution < 1.29 is 4.42 Å². The third-order valence-electron chi connectivity index (χ3n) is 3.18. The summed E-state index contributed by atoms with van der Waals surface area (Å²) in [5.74, 6) is 0.465. The highest BCUT2D eigenvalue weighted by molar-refractivity contribution is 6.01. The van der Waals surface area contributed by atoms with E-state index in [0.717, 1.165) is 33.3 Å². The van der Waals surface area contributed by atoms with Gasteiger partial charge in [0.15, 0.2) is 0 Å². The number of nitrogens with one attached hydrogen (secondary N) is 1. The van der Waals surface area contributed by atoms with E-state index in [-0.39, 0.29) is 0 Å². The van der Waals surface area contributed by atoms with Gasteiger partial charge < -0.3 is 15.1 Å². The van der Waals surface area contributed by atoms with Crippen molar-refractivity contribution in [1.29, 1.82) is 0 Å². The minimum Gasteiger partial charge on any atom is -0.464 e. The molecule has 19 heavy (non-hydrogen) atoms. The van der Waals surface area contributed by atoms with Gasteiger partial charge in [-0.05, 0) is 24.3 Å². The lowest BCUT2D eigenvalue weighted by molar-refractivity contribution is 0.615. The molecule has 0 unspecified atom stereocenters. The van der Waals surface area contributed by atoms with Crippen molar-refractivity contribution in [3.8, 4) is 11.3 Å². The third-order valence-corrected chi connectivity index (χ3v) is 3.18. The molecule has 0 aliphatic rings. The molecule has 5 heteroatoms. The van der Waals surface area contributed by atoms with E-state index in [9.17, 15) is 0 Å². The first-order valence-corrected chi connectivity index (χ1v) is 5.89.